The number of nitrogens with zero attached hydrogens (tertiary/aromatic N) is 2. The summed E-state index contributed by atoms with van der Waals surface area (Å²) in [5, 5.41) is 4.51. The number of fused-ring (bicyclic) bond motifs is 1. The molecule has 3 rings (SSSR count). The summed E-state index contributed by atoms with van der Waals surface area (Å²) in [7, 11) is 0. The Morgan fingerprint density at radius 2 is 1.83 bits per heavy atom. The second-order valence-electron chi connectivity index (χ2n) is 4.13. The molecule has 0 aliphatic rings. The Morgan fingerprint density at radius 3 is 2.72 bits per heavy atom. The minimum atomic E-state index is 0.780. The number of nitrogens with one attached hydrogen (secondary N) is 1. The van der Waals surface area contributed by atoms with Gasteiger partial charge in [-0.25, -0.2) is 0 Å². The van der Waals surface area contributed by atoms with E-state index < -0.39 is 0 Å². The first kappa shape index (κ1) is 10.7. The van der Waals surface area contributed by atoms with Gasteiger partial charge in [0.05, 0.1) is 17.4 Å². The molecule has 0 unspecified atom stereocenters. The third kappa shape index (κ3) is 2.30. The monoisotopic (exact) mass is 235 g/mol. The molecule has 2 aromatic heterocycles. The quantitative estimate of drug-likeness (QED) is 0.757. The van der Waals surface area contributed by atoms with E-state index in [2.05, 4.69) is 27.4 Å². The molecule has 0 saturated heterocycles. The van der Waals surface area contributed by atoms with Gasteiger partial charge in [0.2, 0.25) is 0 Å². The molecule has 0 aliphatic carbocycles. The predicted octanol–water partition coefficient (Wildman–Crippen LogP) is 3.24. The minimum absolute atomic E-state index is 0.780. The van der Waals surface area contributed by atoms with Crippen LogP contribution < -0.4 is 5.32 Å². The zero-order valence-corrected chi connectivity index (χ0v) is 9.88. The molecule has 0 spiro atoms. The van der Waals surface area contributed by atoms with Crippen LogP contribution in [0.2, 0.25) is 0 Å². The third-order valence-corrected chi connectivity index (χ3v) is 2.84. The van der Waals surface area contributed by atoms with Gasteiger partial charge in [-0.2, -0.15) is 0 Å². The van der Waals surface area contributed by atoms with Crippen LogP contribution in [0.4, 0.5) is 5.69 Å². The van der Waals surface area contributed by atoms with Crippen LogP contribution in [0.5, 0.6) is 0 Å². The van der Waals surface area contributed by atoms with Crippen molar-refractivity contribution in [3.8, 4) is 0 Å². The molecule has 0 amide bonds. The smallest absolute Gasteiger partial charge is 0.0703 e. The second kappa shape index (κ2) is 4.84. The summed E-state index contributed by atoms with van der Waals surface area (Å²) in [5.74, 6) is 0. The topological polar surface area (TPSA) is 37.8 Å². The van der Waals surface area contributed by atoms with Crippen LogP contribution in [0.3, 0.4) is 0 Å². The van der Waals surface area contributed by atoms with E-state index in [4.69, 9.17) is 0 Å². The Morgan fingerprint density at radius 1 is 1.00 bits per heavy atom. The van der Waals surface area contributed by atoms with Gasteiger partial charge in [0.15, 0.2) is 0 Å². The molecule has 0 fully saturated rings. The summed E-state index contributed by atoms with van der Waals surface area (Å²) in [4.78, 5) is 8.42. The van der Waals surface area contributed by atoms with Crippen LogP contribution in [0.25, 0.3) is 10.9 Å². The van der Waals surface area contributed by atoms with Crippen molar-refractivity contribution in [2.45, 2.75) is 6.54 Å². The van der Waals surface area contributed by atoms with Gasteiger partial charge in [-0.1, -0.05) is 18.2 Å². The van der Waals surface area contributed by atoms with Gasteiger partial charge in [0, 0.05) is 24.3 Å². The lowest BCUT2D eigenvalue weighted by Gasteiger charge is -2.06. The highest BCUT2D eigenvalue weighted by Gasteiger charge is 1.97. The van der Waals surface area contributed by atoms with Gasteiger partial charge < -0.3 is 5.32 Å². The molecule has 18 heavy (non-hydrogen) atoms. The molecule has 2 heterocycles. The van der Waals surface area contributed by atoms with Crippen LogP contribution in [0.1, 0.15) is 5.56 Å². The molecule has 1 N–H and O–H groups in total. The molecule has 0 aliphatic heterocycles. The van der Waals surface area contributed by atoms with Crippen LogP contribution in [-0.4, -0.2) is 9.97 Å². The van der Waals surface area contributed by atoms with Crippen molar-refractivity contribution in [3.05, 3.63) is 66.6 Å². The lowest BCUT2D eigenvalue weighted by molar-refractivity contribution is 1.12. The maximum Gasteiger partial charge on any atom is 0.0703 e. The van der Waals surface area contributed by atoms with Crippen LogP contribution in [0, 0.1) is 0 Å². The summed E-state index contributed by atoms with van der Waals surface area (Å²) in [6.07, 6.45) is 5.47. The van der Waals surface area contributed by atoms with Crippen LogP contribution in [-0.2, 0) is 6.54 Å². The Hall–Kier alpha value is -2.42. The summed E-state index contributed by atoms with van der Waals surface area (Å²) >= 11 is 0. The highest BCUT2D eigenvalue weighted by Crippen LogP contribution is 2.16. The second-order valence-corrected chi connectivity index (χ2v) is 4.13. The van der Waals surface area contributed by atoms with Crippen molar-refractivity contribution >= 4 is 16.6 Å². The van der Waals surface area contributed by atoms with E-state index in [1.165, 1.54) is 5.56 Å². The third-order valence-electron chi connectivity index (χ3n) is 2.84. The van der Waals surface area contributed by atoms with E-state index in [1.54, 1.807) is 12.4 Å². The van der Waals surface area contributed by atoms with Gasteiger partial charge in [-0.15, -0.1) is 0 Å². The van der Waals surface area contributed by atoms with E-state index in [0.29, 0.717) is 0 Å². The normalized spacial score (nSPS) is 10.4. The Labute approximate surface area is 106 Å². The minimum Gasteiger partial charge on any atom is -0.380 e. The average Bonchev–Trinajstić information content (AvgIpc) is 2.46. The zero-order valence-electron chi connectivity index (χ0n) is 9.88. The van der Waals surface area contributed by atoms with E-state index in [9.17, 15) is 0 Å². The lowest BCUT2D eigenvalue weighted by Crippen LogP contribution is -1.99. The van der Waals surface area contributed by atoms with Crippen molar-refractivity contribution in [2.24, 2.45) is 0 Å². The molecular formula is C15H13N3. The number of hydrogen-bond acceptors (Lipinski definition) is 3. The first-order valence-electron chi connectivity index (χ1n) is 5.89. The molecule has 3 nitrogen and oxygen atoms in total. The van der Waals surface area contributed by atoms with Crippen molar-refractivity contribution in [3.63, 3.8) is 0 Å². The number of pyridine rings is 2. The summed E-state index contributed by atoms with van der Waals surface area (Å²) < 4.78 is 0. The Kier molecular flexibility index (Phi) is 2.88. The van der Waals surface area contributed by atoms with E-state index in [-0.39, 0.29) is 0 Å². The fraction of sp³-hybridized carbons (Fsp3) is 0.0667. The molecule has 1 aromatic carbocycles. The van der Waals surface area contributed by atoms with Crippen molar-refractivity contribution in [1.29, 1.82) is 0 Å². The number of hydrogen-bond donors (Lipinski definition) is 1. The van der Waals surface area contributed by atoms with Gasteiger partial charge >= 0.3 is 0 Å². The lowest BCUT2D eigenvalue weighted by atomic mass is 10.2. The Balaban J connectivity index is 1.79. The number of rotatable bonds is 3. The standard InChI is InChI=1S/C15H13N3/c1-2-4-15-13(3-1)9-14(11-18-15)17-10-12-5-7-16-8-6-12/h1-9,11,17H,10H2. The zero-order chi connectivity index (χ0) is 12.2. The van der Waals surface area contributed by atoms with Gasteiger partial charge in [0.1, 0.15) is 0 Å². The van der Waals surface area contributed by atoms with E-state index in [0.717, 1.165) is 23.1 Å². The average molecular weight is 235 g/mol. The first-order chi connectivity index (χ1) is 8.92. The largest absolute Gasteiger partial charge is 0.380 e. The molecule has 0 saturated carbocycles. The molecule has 0 atom stereocenters. The SMILES string of the molecule is c1ccc2ncc(NCc3ccncc3)cc2c1. The first-order valence-corrected chi connectivity index (χ1v) is 5.89. The van der Waals surface area contributed by atoms with Crippen LogP contribution >= 0.6 is 0 Å². The molecular weight excluding hydrogens is 222 g/mol. The number of benzene rings is 1. The van der Waals surface area contributed by atoms with E-state index >= 15 is 0 Å². The summed E-state index contributed by atoms with van der Waals surface area (Å²) in [6, 6.07) is 14.2. The van der Waals surface area contributed by atoms with Gasteiger partial charge in [-0.3, -0.25) is 9.97 Å². The Bertz CT molecular complexity index is 650. The maximum atomic E-state index is 4.42. The summed E-state index contributed by atoms with van der Waals surface area (Å²) in [6.45, 7) is 0.780. The summed E-state index contributed by atoms with van der Waals surface area (Å²) in [5.41, 5.74) is 3.26. The number of aromatic nitrogens is 2. The highest BCUT2D eigenvalue weighted by molar-refractivity contribution is 5.81. The number of anilines is 1. The van der Waals surface area contributed by atoms with Crippen molar-refractivity contribution in [2.75, 3.05) is 5.32 Å². The molecule has 3 heteroatoms. The van der Waals surface area contributed by atoms with Crippen LogP contribution in [0.15, 0.2) is 61.1 Å². The fourth-order valence-electron chi connectivity index (χ4n) is 1.87. The van der Waals surface area contributed by atoms with Crippen molar-refractivity contribution < 1.29 is 0 Å². The molecule has 0 bridgehead atoms. The molecule has 0 radical (unpaired) electrons. The van der Waals surface area contributed by atoms with Crippen molar-refractivity contribution in [1.82, 2.24) is 9.97 Å². The van der Waals surface area contributed by atoms with Gasteiger partial charge in [0.25, 0.3) is 0 Å². The number of para-hydroxylation sites is 1. The molecule has 3 aromatic rings. The fourth-order valence-corrected chi connectivity index (χ4v) is 1.87. The predicted molar refractivity (Wildman–Crippen MR) is 73.3 cm³/mol. The van der Waals surface area contributed by atoms with Gasteiger partial charge in [-0.05, 0) is 29.8 Å². The highest BCUT2D eigenvalue weighted by atomic mass is 14.9. The maximum absolute atomic E-state index is 4.42. The molecule has 88 valence electrons. The van der Waals surface area contributed by atoms with E-state index in [1.807, 2.05) is 36.5 Å².